The minimum absolute atomic E-state index is 0.362. The van der Waals surface area contributed by atoms with Crippen molar-refractivity contribution in [3.63, 3.8) is 0 Å². The van der Waals surface area contributed by atoms with Crippen molar-refractivity contribution in [2.45, 2.75) is 39.7 Å². The second-order valence-corrected chi connectivity index (χ2v) is 6.23. The zero-order chi connectivity index (χ0) is 18.9. The van der Waals surface area contributed by atoms with Crippen LogP contribution in [0, 0.1) is 6.92 Å². The molecule has 2 N–H and O–H groups in total. The van der Waals surface area contributed by atoms with Crippen LogP contribution in [0.2, 0.25) is 0 Å². The molecule has 1 atom stereocenters. The van der Waals surface area contributed by atoms with Crippen LogP contribution in [0.4, 0.5) is 11.4 Å². The fourth-order valence-corrected chi connectivity index (χ4v) is 2.37. The monoisotopic (exact) mass is 354 g/mol. The number of carbonyl (C=O) groups is 2. The molecule has 5 heteroatoms. The highest BCUT2D eigenvalue weighted by Crippen LogP contribution is 2.17. The Kier molecular flexibility index (Phi) is 7.21. The van der Waals surface area contributed by atoms with Gasteiger partial charge in [0, 0.05) is 17.9 Å². The average molecular weight is 354 g/mol. The molecule has 0 saturated heterocycles. The molecule has 138 valence electrons. The van der Waals surface area contributed by atoms with Gasteiger partial charge in [-0.1, -0.05) is 43.2 Å². The Morgan fingerprint density at radius 3 is 2.46 bits per heavy atom. The Morgan fingerprint density at radius 1 is 1.08 bits per heavy atom. The number of hydrogen-bond donors (Lipinski definition) is 2. The lowest BCUT2D eigenvalue weighted by atomic mass is 10.1. The van der Waals surface area contributed by atoms with Crippen LogP contribution in [0.15, 0.2) is 48.5 Å². The number of carbonyl (C=O) groups excluding carboxylic acids is 2. The second kappa shape index (κ2) is 9.61. The number of ether oxygens (including phenoxy) is 1. The van der Waals surface area contributed by atoms with Crippen molar-refractivity contribution in [1.29, 1.82) is 0 Å². The molecular weight excluding hydrogens is 328 g/mol. The number of esters is 1. The molecule has 0 spiro atoms. The summed E-state index contributed by atoms with van der Waals surface area (Å²) in [6, 6.07) is 14.6. The number of amides is 1. The molecule has 0 heterocycles. The van der Waals surface area contributed by atoms with E-state index >= 15 is 0 Å². The second-order valence-electron chi connectivity index (χ2n) is 6.23. The summed E-state index contributed by atoms with van der Waals surface area (Å²) in [6.07, 6.45) is 1.18. The van der Waals surface area contributed by atoms with Gasteiger partial charge in [-0.25, -0.2) is 4.79 Å². The first-order valence-electron chi connectivity index (χ1n) is 8.92. The Hall–Kier alpha value is -2.82. The van der Waals surface area contributed by atoms with Gasteiger partial charge in [0.1, 0.15) is 0 Å². The highest BCUT2D eigenvalue weighted by molar-refractivity contribution is 5.99. The fourth-order valence-electron chi connectivity index (χ4n) is 2.37. The molecule has 0 unspecified atom stereocenters. The van der Waals surface area contributed by atoms with Gasteiger partial charge in [-0.2, -0.15) is 0 Å². The van der Waals surface area contributed by atoms with Gasteiger partial charge in [-0.3, -0.25) is 4.79 Å². The maximum atomic E-state index is 12.5. The minimum Gasteiger partial charge on any atom is -0.449 e. The van der Waals surface area contributed by atoms with Gasteiger partial charge in [0.2, 0.25) is 0 Å². The third kappa shape index (κ3) is 5.62. The lowest BCUT2D eigenvalue weighted by molar-refractivity contribution is -0.123. The summed E-state index contributed by atoms with van der Waals surface area (Å²) < 4.78 is 5.35. The average Bonchev–Trinajstić information content (AvgIpc) is 2.64. The van der Waals surface area contributed by atoms with Gasteiger partial charge in [0.25, 0.3) is 5.91 Å². The third-order valence-electron chi connectivity index (χ3n) is 3.96. The summed E-state index contributed by atoms with van der Waals surface area (Å²) in [4.78, 5) is 24.7. The number of para-hydroxylation sites is 1. The Balaban J connectivity index is 1.97. The summed E-state index contributed by atoms with van der Waals surface area (Å²) in [5.41, 5.74) is 2.93. The minimum atomic E-state index is -0.896. The number of nitrogens with one attached hydrogen (secondary N) is 2. The summed E-state index contributed by atoms with van der Waals surface area (Å²) in [5, 5.41) is 5.99. The summed E-state index contributed by atoms with van der Waals surface area (Å²) in [7, 11) is 0. The number of aryl methyl sites for hydroxylation is 1. The number of anilines is 2. The van der Waals surface area contributed by atoms with Gasteiger partial charge in [-0.05, 0) is 44.5 Å². The first-order valence-corrected chi connectivity index (χ1v) is 8.92. The third-order valence-corrected chi connectivity index (χ3v) is 3.96. The first-order chi connectivity index (χ1) is 12.5. The van der Waals surface area contributed by atoms with Crippen molar-refractivity contribution in [2.24, 2.45) is 0 Å². The van der Waals surface area contributed by atoms with E-state index in [1.165, 1.54) is 0 Å². The van der Waals surface area contributed by atoms with E-state index in [4.69, 9.17) is 4.74 Å². The molecule has 5 nitrogen and oxygen atoms in total. The maximum Gasteiger partial charge on any atom is 0.341 e. The summed E-state index contributed by atoms with van der Waals surface area (Å²) >= 11 is 0. The van der Waals surface area contributed by atoms with Crippen LogP contribution in [0.1, 0.15) is 42.6 Å². The molecule has 2 rings (SSSR count). The van der Waals surface area contributed by atoms with E-state index in [0.29, 0.717) is 11.3 Å². The van der Waals surface area contributed by atoms with Crippen LogP contribution in [0.3, 0.4) is 0 Å². The van der Waals surface area contributed by atoms with Gasteiger partial charge in [0.05, 0.1) is 5.56 Å². The molecule has 0 fully saturated rings. The largest absolute Gasteiger partial charge is 0.449 e. The molecule has 1 amide bonds. The van der Waals surface area contributed by atoms with E-state index in [-0.39, 0.29) is 5.91 Å². The van der Waals surface area contributed by atoms with Crippen LogP contribution in [-0.2, 0) is 9.53 Å². The molecule has 0 aliphatic carbocycles. The topological polar surface area (TPSA) is 67.4 Å². The van der Waals surface area contributed by atoms with Gasteiger partial charge >= 0.3 is 5.97 Å². The molecule has 0 aromatic heterocycles. The summed E-state index contributed by atoms with van der Waals surface area (Å²) in [5.74, 6) is -0.880. The summed E-state index contributed by atoms with van der Waals surface area (Å²) in [6.45, 7) is 6.43. The maximum absolute atomic E-state index is 12.5. The number of rotatable bonds is 8. The van der Waals surface area contributed by atoms with Crippen LogP contribution >= 0.6 is 0 Å². The molecular formula is C21H26N2O3. The van der Waals surface area contributed by atoms with E-state index in [0.717, 1.165) is 30.6 Å². The zero-order valence-electron chi connectivity index (χ0n) is 15.5. The van der Waals surface area contributed by atoms with Crippen molar-refractivity contribution >= 4 is 23.3 Å². The van der Waals surface area contributed by atoms with Crippen molar-refractivity contribution in [1.82, 2.24) is 0 Å². The Bertz CT molecular complexity index is 741. The lowest BCUT2D eigenvalue weighted by Gasteiger charge is -2.16. The molecule has 0 saturated carbocycles. The fraction of sp³-hybridized carbons (Fsp3) is 0.333. The zero-order valence-corrected chi connectivity index (χ0v) is 15.5. The van der Waals surface area contributed by atoms with Crippen LogP contribution in [-0.4, -0.2) is 24.5 Å². The molecule has 0 radical (unpaired) electrons. The molecule has 0 aliphatic rings. The lowest BCUT2D eigenvalue weighted by Crippen LogP contribution is -2.30. The SMILES string of the molecule is CCCCNc1ccccc1C(=O)O[C@H](C)C(=O)Nc1ccc(C)cc1. The Morgan fingerprint density at radius 2 is 1.77 bits per heavy atom. The van der Waals surface area contributed by atoms with Crippen molar-refractivity contribution in [3.8, 4) is 0 Å². The first kappa shape index (κ1) is 19.5. The van der Waals surface area contributed by atoms with E-state index in [9.17, 15) is 9.59 Å². The predicted octanol–water partition coefficient (Wildman–Crippen LogP) is 4.39. The van der Waals surface area contributed by atoms with E-state index in [1.54, 1.807) is 19.1 Å². The quantitative estimate of drug-likeness (QED) is 0.545. The molecule has 2 aromatic rings. The van der Waals surface area contributed by atoms with Crippen LogP contribution in [0.25, 0.3) is 0 Å². The number of unbranched alkanes of at least 4 members (excludes halogenated alkanes) is 1. The smallest absolute Gasteiger partial charge is 0.341 e. The predicted molar refractivity (Wildman–Crippen MR) is 105 cm³/mol. The van der Waals surface area contributed by atoms with Gasteiger partial charge < -0.3 is 15.4 Å². The van der Waals surface area contributed by atoms with E-state index < -0.39 is 12.1 Å². The molecule has 26 heavy (non-hydrogen) atoms. The van der Waals surface area contributed by atoms with Crippen LogP contribution in [0.5, 0.6) is 0 Å². The number of benzene rings is 2. The number of hydrogen-bond acceptors (Lipinski definition) is 4. The van der Waals surface area contributed by atoms with Crippen molar-refractivity contribution < 1.29 is 14.3 Å². The van der Waals surface area contributed by atoms with E-state index in [1.807, 2.05) is 43.3 Å². The molecule has 0 aliphatic heterocycles. The standard InChI is InChI=1S/C21H26N2O3/c1-4-5-14-22-19-9-7-6-8-18(19)21(25)26-16(3)20(24)23-17-12-10-15(2)11-13-17/h6-13,16,22H,4-5,14H2,1-3H3,(H,23,24)/t16-/m1/s1. The van der Waals surface area contributed by atoms with Crippen LogP contribution < -0.4 is 10.6 Å². The van der Waals surface area contributed by atoms with Gasteiger partial charge in [0.15, 0.2) is 6.10 Å². The molecule has 0 bridgehead atoms. The normalized spacial score (nSPS) is 11.5. The van der Waals surface area contributed by atoms with Gasteiger partial charge in [-0.15, -0.1) is 0 Å². The van der Waals surface area contributed by atoms with Crippen molar-refractivity contribution in [3.05, 3.63) is 59.7 Å². The van der Waals surface area contributed by atoms with Crippen molar-refractivity contribution in [2.75, 3.05) is 17.2 Å². The highest BCUT2D eigenvalue weighted by Gasteiger charge is 2.20. The molecule has 2 aromatic carbocycles. The Labute approximate surface area is 154 Å². The highest BCUT2D eigenvalue weighted by atomic mass is 16.5. The van der Waals surface area contributed by atoms with E-state index in [2.05, 4.69) is 17.6 Å².